The van der Waals surface area contributed by atoms with Crippen LogP contribution in [-0.4, -0.2) is 34.2 Å². The molecule has 2 N–H and O–H groups in total. The standard InChI is InChI=1S/C11H20N4O/c1-8-3-4-15(10(5-8)6-12)7-11-13-9(2)16-14-11/h8,10H,3-7,12H2,1-2H3. The second kappa shape index (κ2) is 4.93. The molecule has 2 unspecified atom stereocenters. The third-order valence-corrected chi connectivity index (χ3v) is 3.29. The number of aromatic nitrogens is 2. The number of hydrogen-bond donors (Lipinski definition) is 1. The Labute approximate surface area is 96.0 Å². The molecule has 0 aliphatic carbocycles. The molecule has 0 aromatic carbocycles. The second-order valence-corrected chi connectivity index (χ2v) is 4.72. The fraction of sp³-hybridized carbons (Fsp3) is 0.818. The lowest BCUT2D eigenvalue weighted by molar-refractivity contribution is 0.111. The predicted octanol–water partition coefficient (Wildman–Crippen LogP) is 0.937. The number of nitrogens with zero attached hydrogens (tertiary/aromatic N) is 3. The molecule has 2 atom stereocenters. The van der Waals surface area contributed by atoms with E-state index >= 15 is 0 Å². The first-order valence-corrected chi connectivity index (χ1v) is 5.92. The van der Waals surface area contributed by atoms with Gasteiger partial charge < -0.3 is 10.3 Å². The van der Waals surface area contributed by atoms with Crippen LogP contribution in [0.3, 0.4) is 0 Å². The lowest BCUT2D eigenvalue weighted by Crippen LogP contribution is -2.45. The summed E-state index contributed by atoms with van der Waals surface area (Å²) < 4.78 is 4.98. The molecule has 1 aromatic rings. The molecule has 16 heavy (non-hydrogen) atoms. The van der Waals surface area contributed by atoms with Gasteiger partial charge in [-0.3, -0.25) is 4.90 Å². The van der Waals surface area contributed by atoms with Crippen LogP contribution < -0.4 is 5.73 Å². The van der Waals surface area contributed by atoms with E-state index in [0.29, 0.717) is 18.5 Å². The van der Waals surface area contributed by atoms with Gasteiger partial charge in [0.15, 0.2) is 5.82 Å². The largest absolute Gasteiger partial charge is 0.340 e. The average Bonchev–Trinajstić information content (AvgIpc) is 2.67. The highest BCUT2D eigenvalue weighted by atomic mass is 16.5. The summed E-state index contributed by atoms with van der Waals surface area (Å²) in [6.45, 7) is 6.65. The average molecular weight is 224 g/mol. The van der Waals surface area contributed by atoms with E-state index < -0.39 is 0 Å². The van der Waals surface area contributed by atoms with Crippen molar-refractivity contribution in [1.82, 2.24) is 15.0 Å². The van der Waals surface area contributed by atoms with Crippen molar-refractivity contribution in [1.29, 1.82) is 0 Å². The van der Waals surface area contributed by atoms with Gasteiger partial charge in [0.1, 0.15) is 0 Å². The number of likely N-dealkylation sites (tertiary alicyclic amines) is 1. The normalized spacial score (nSPS) is 27.2. The summed E-state index contributed by atoms with van der Waals surface area (Å²) in [5, 5.41) is 3.93. The number of rotatable bonds is 3. The van der Waals surface area contributed by atoms with Crippen molar-refractivity contribution >= 4 is 0 Å². The topological polar surface area (TPSA) is 68.2 Å². The van der Waals surface area contributed by atoms with Crippen molar-refractivity contribution in [2.75, 3.05) is 13.1 Å². The quantitative estimate of drug-likeness (QED) is 0.827. The Morgan fingerprint density at radius 3 is 3.00 bits per heavy atom. The highest BCUT2D eigenvalue weighted by Gasteiger charge is 2.26. The van der Waals surface area contributed by atoms with Gasteiger partial charge in [0, 0.05) is 19.5 Å². The van der Waals surface area contributed by atoms with Crippen LogP contribution in [0.1, 0.15) is 31.5 Å². The van der Waals surface area contributed by atoms with Gasteiger partial charge in [-0.25, -0.2) is 0 Å². The molecule has 5 nitrogen and oxygen atoms in total. The Hall–Kier alpha value is -0.940. The van der Waals surface area contributed by atoms with E-state index in [1.807, 2.05) is 6.92 Å². The van der Waals surface area contributed by atoms with Crippen molar-refractivity contribution in [2.45, 2.75) is 39.3 Å². The summed E-state index contributed by atoms with van der Waals surface area (Å²) in [7, 11) is 0. The summed E-state index contributed by atoms with van der Waals surface area (Å²) in [5.74, 6) is 2.17. The maximum Gasteiger partial charge on any atom is 0.223 e. The first-order chi connectivity index (χ1) is 7.69. The number of nitrogens with two attached hydrogens (primary N) is 1. The SMILES string of the molecule is Cc1nc(CN2CCC(C)CC2CN)no1. The molecule has 1 fully saturated rings. The van der Waals surface area contributed by atoms with E-state index in [9.17, 15) is 0 Å². The summed E-state index contributed by atoms with van der Waals surface area (Å²) in [6, 6.07) is 0.461. The van der Waals surface area contributed by atoms with Crippen molar-refractivity contribution in [2.24, 2.45) is 11.7 Å². The van der Waals surface area contributed by atoms with Crippen molar-refractivity contribution in [3.63, 3.8) is 0 Å². The highest BCUT2D eigenvalue weighted by Crippen LogP contribution is 2.22. The van der Waals surface area contributed by atoms with Gasteiger partial charge in [0.2, 0.25) is 5.89 Å². The Bertz CT molecular complexity index is 338. The maximum atomic E-state index is 5.81. The number of hydrogen-bond acceptors (Lipinski definition) is 5. The van der Waals surface area contributed by atoms with E-state index in [4.69, 9.17) is 10.3 Å². The minimum atomic E-state index is 0.461. The van der Waals surface area contributed by atoms with E-state index in [2.05, 4.69) is 22.0 Å². The zero-order valence-electron chi connectivity index (χ0n) is 10.0. The molecular formula is C11H20N4O. The van der Waals surface area contributed by atoms with Gasteiger partial charge in [0.05, 0.1) is 6.54 Å². The Morgan fingerprint density at radius 2 is 2.38 bits per heavy atom. The van der Waals surface area contributed by atoms with E-state index in [1.54, 1.807) is 0 Å². The molecule has 1 aromatic heterocycles. The summed E-state index contributed by atoms with van der Waals surface area (Å²) in [5.41, 5.74) is 5.81. The van der Waals surface area contributed by atoms with E-state index in [-0.39, 0.29) is 0 Å². The second-order valence-electron chi connectivity index (χ2n) is 4.72. The molecule has 2 rings (SSSR count). The molecule has 0 amide bonds. The Balaban J connectivity index is 1.97. The Kier molecular flexibility index (Phi) is 3.56. The van der Waals surface area contributed by atoms with Crippen LogP contribution in [0.5, 0.6) is 0 Å². The number of aryl methyl sites for hydroxylation is 1. The van der Waals surface area contributed by atoms with Crippen LogP contribution in [0.25, 0.3) is 0 Å². The van der Waals surface area contributed by atoms with Gasteiger partial charge >= 0.3 is 0 Å². The molecule has 90 valence electrons. The zero-order valence-corrected chi connectivity index (χ0v) is 10.0. The van der Waals surface area contributed by atoms with Gasteiger partial charge in [-0.2, -0.15) is 4.98 Å². The van der Waals surface area contributed by atoms with Crippen LogP contribution in [0.4, 0.5) is 0 Å². The van der Waals surface area contributed by atoms with E-state index in [0.717, 1.165) is 24.8 Å². The molecule has 1 aliphatic heterocycles. The molecule has 0 radical (unpaired) electrons. The lowest BCUT2D eigenvalue weighted by atomic mass is 9.92. The van der Waals surface area contributed by atoms with Gasteiger partial charge in [-0.1, -0.05) is 12.1 Å². The Morgan fingerprint density at radius 1 is 1.56 bits per heavy atom. The minimum Gasteiger partial charge on any atom is -0.340 e. The molecule has 1 aliphatic rings. The molecule has 0 bridgehead atoms. The minimum absolute atomic E-state index is 0.461. The van der Waals surface area contributed by atoms with Gasteiger partial charge in [-0.15, -0.1) is 0 Å². The molecule has 0 spiro atoms. The third kappa shape index (κ3) is 2.59. The van der Waals surface area contributed by atoms with Crippen LogP contribution in [0.2, 0.25) is 0 Å². The van der Waals surface area contributed by atoms with Crippen molar-refractivity contribution < 1.29 is 4.52 Å². The number of piperidine rings is 1. The van der Waals surface area contributed by atoms with Crippen LogP contribution in [0, 0.1) is 12.8 Å². The van der Waals surface area contributed by atoms with Crippen LogP contribution >= 0.6 is 0 Å². The first kappa shape index (κ1) is 11.5. The molecule has 2 heterocycles. The maximum absolute atomic E-state index is 5.81. The lowest BCUT2D eigenvalue weighted by Gasteiger charge is -2.37. The van der Waals surface area contributed by atoms with Crippen molar-refractivity contribution in [3.8, 4) is 0 Å². The third-order valence-electron chi connectivity index (χ3n) is 3.29. The monoisotopic (exact) mass is 224 g/mol. The molecule has 1 saturated heterocycles. The smallest absolute Gasteiger partial charge is 0.223 e. The van der Waals surface area contributed by atoms with Gasteiger partial charge in [0.25, 0.3) is 0 Å². The van der Waals surface area contributed by atoms with Crippen LogP contribution in [0.15, 0.2) is 4.52 Å². The predicted molar refractivity (Wildman–Crippen MR) is 60.7 cm³/mol. The molecule has 5 heteroatoms. The molecule has 0 saturated carbocycles. The summed E-state index contributed by atoms with van der Waals surface area (Å²) in [4.78, 5) is 6.60. The van der Waals surface area contributed by atoms with Gasteiger partial charge in [-0.05, 0) is 25.3 Å². The fourth-order valence-corrected chi connectivity index (χ4v) is 2.34. The first-order valence-electron chi connectivity index (χ1n) is 5.92. The summed E-state index contributed by atoms with van der Waals surface area (Å²) >= 11 is 0. The molecular weight excluding hydrogens is 204 g/mol. The van der Waals surface area contributed by atoms with Crippen molar-refractivity contribution in [3.05, 3.63) is 11.7 Å². The van der Waals surface area contributed by atoms with Crippen LogP contribution in [-0.2, 0) is 6.54 Å². The highest BCUT2D eigenvalue weighted by molar-refractivity contribution is 4.88. The zero-order chi connectivity index (χ0) is 11.5. The van der Waals surface area contributed by atoms with E-state index in [1.165, 1.54) is 12.8 Å². The fourth-order valence-electron chi connectivity index (χ4n) is 2.34. The summed E-state index contributed by atoms with van der Waals surface area (Å²) in [6.07, 6.45) is 2.40.